The van der Waals surface area contributed by atoms with Crippen LogP contribution in [-0.4, -0.2) is 45.1 Å². The highest BCUT2D eigenvalue weighted by atomic mass is 32.2. The number of benzene rings is 1. The molecule has 112 valence electrons. The van der Waals surface area contributed by atoms with Crippen molar-refractivity contribution >= 4 is 29.3 Å². The first kappa shape index (κ1) is 15.3. The zero-order valence-corrected chi connectivity index (χ0v) is 11.7. The van der Waals surface area contributed by atoms with Gasteiger partial charge in [0, 0.05) is 11.8 Å². The van der Waals surface area contributed by atoms with Crippen molar-refractivity contribution in [2.24, 2.45) is 5.73 Å². The van der Waals surface area contributed by atoms with E-state index in [2.05, 4.69) is 0 Å². The molecule has 1 aliphatic rings. The number of carbonyl (C=O) groups is 2. The van der Waals surface area contributed by atoms with E-state index in [1.165, 1.54) is 30.0 Å². The van der Waals surface area contributed by atoms with Crippen molar-refractivity contribution in [3.63, 3.8) is 0 Å². The first-order chi connectivity index (χ1) is 9.97. The number of carboxylic acids is 1. The van der Waals surface area contributed by atoms with Crippen LogP contribution in [0.5, 0.6) is 0 Å². The van der Waals surface area contributed by atoms with E-state index < -0.39 is 28.2 Å². The van der Waals surface area contributed by atoms with Crippen molar-refractivity contribution in [3.8, 4) is 0 Å². The second-order valence-corrected chi connectivity index (χ2v) is 5.47. The smallest absolute Gasteiger partial charge is 0.327 e. The van der Waals surface area contributed by atoms with Crippen LogP contribution in [0.3, 0.4) is 0 Å². The number of thioether (sulfide) groups is 1. The van der Waals surface area contributed by atoms with Gasteiger partial charge in [-0.3, -0.25) is 14.9 Å². The first-order valence-electron chi connectivity index (χ1n) is 6.06. The Kier molecular flexibility index (Phi) is 4.43. The number of hydrogen-bond acceptors (Lipinski definition) is 6. The second-order valence-electron chi connectivity index (χ2n) is 4.36. The summed E-state index contributed by atoms with van der Waals surface area (Å²) < 4.78 is 0. The van der Waals surface area contributed by atoms with Crippen LogP contribution in [0.4, 0.5) is 5.69 Å². The minimum Gasteiger partial charge on any atom is -0.480 e. The number of nitro groups is 1. The average Bonchev–Trinajstić information content (AvgIpc) is 2.91. The Morgan fingerprint density at radius 2 is 2.14 bits per heavy atom. The lowest BCUT2D eigenvalue weighted by atomic mass is 10.1. The molecule has 1 amide bonds. The summed E-state index contributed by atoms with van der Waals surface area (Å²) >= 11 is 1.18. The summed E-state index contributed by atoms with van der Waals surface area (Å²) in [5.41, 5.74) is 5.49. The molecule has 0 aliphatic carbocycles. The van der Waals surface area contributed by atoms with Gasteiger partial charge in [-0.25, -0.2) is 4.79 Å². The van der Waals surface area contributed by atoms with E-state index in [-0.39, 0.29) is 18.0 Å². The summed E-state index contributed by atoms with van der Waals surface area (Å²) in [6.45, 7) is -0.346. The summed E-state index contributed by atoms with van der Waals surface area (Å²) in [5.74, 6) is -1.53. The van der Waals surface area contributed by atoms with Crippen molar-refractivity contribution < 1.29 is 19.6 Å². The Morgan fingerprint density at radius 3 is 2.71 bits per heavy atom. The van der Waals surface area contributed by atoms with E-state index in [0.717, 1.165) is 4.90 Å². The molecule has 8 nitrogen and oxygen atoms in total. The molecule has 9 heteroatoms. The maximum Gasteiger partial charge on any atom is 0.327 e. The van der Waals surface area contributed by atoms with E-state index in [4.69, 9.17) is 5.73 Å². The Labute approximate surface area is 124 Å². The van der Waals surface area contributed by atoms with Gasteiger partial charge >= 0.3 is 5.97 Å². The van der Waals surface area contributed by atoms with Crippen LogP contribution in [0.25, 0.3) is 0 Å². The lowest BCUT2D eigenvalue weighted by Crippen LogP contribution is -2.45. The van der Waals surface area contributed by atoms with Gasteiger partial charge in [-0.1, -0.05) is 12.1 Å². The lowest BCUT2D eigenvalue weighted by Gasteiger charge is -2.26. The summed E-state index contributed by atoms with van der Waals surface area (Å²) in [7, 11) is 0. The van der Waals surface area contributed by atoms with Gasteiger partial charge in [-0.2, -0.15) is 0 Å². The number of carbonyl (C=O) groups excluding carboxylic acids is 1. The SMILES string of the molecule is NCC(=O)N1C(c2ccccc2[N+](=O)[O-])SC[C@H]1C(=O)O. The number of para-hydroxylation sites is 1. The lowest BCUT2D eigenvalue weighted by molar-refractivity contribution is -0.385. The molecule has 1 aliphatic heterocycles. The summed E-state index contributed by atoms with van der Waals surface area (Å²) in [6, 6.07) is 4.95. The van der Waals surface area contributed by atoms with Crippen LogP contribution >= 0.6 is 11.8 Å². The van der Waals surface area contributed by atoms with Crippen LogP contribution in [0.15, 0.2) is 24.3 Å². The fourth-order valence-electron chi connectivity index (χ4n) is 2.21. The van der Waals surface area contributed by atoms with Gasteiger partial charge in [0.15, 0.2) is 0 Å². The molecule has 2 rings (SSSR count). The molecule has 21 heavy (non-hydrogen) atoms. The third-order valence-electron chi connectivity index (χ3n) is 3.15. The monoisotopic (exact) mass is 311 g/mol. The molecule has 2 atom stereocenters. The number of nitrogens with two attached hydrogens (primary N) is 1. The average molecular weight is 311 g/mol. The van der Waals surface area contributed by atoms with Gasteiger partial charge in [0.25, 0.3) is 5.69 Å². The van der Waals surface area contributed by atoms with Crippen LogP contribution < -0.4 is 5.73 Å². The van der Waals surface area contributed by atoms with Crippen molar-refractivity contribution in [1.29, 1.82) is 0 Å². The Bertz CT molecular complexity index is 594. The molecule has 1 heterocycles. The highest BCUT2D eigenvalue weighted by Crippen LogP contribution is 2.44. The largest absolute Gasteiger partial charge is 0.480 e. The predicted molar refractivity (Wildman–Crippen MR) is 75.6 cm³/mol. The standard InChI is InChI=1S/C12H13N3O5S/c13-5-10(16)14-9(12(17)18)6-21-11(14)7-3-1-2-4-8(7)15(19)20/h1-4,9,11H,5-6,13H2,(H,17,18)/t9-,11?/m0/s1. The quantitative estimate of drug-likeness (QED) is 0.615. The highest BCUT2D eigenvalue weighted by molar-refractivity contribution is 7.99. The number of nitro benzene ring substituents is 1. The van der Waals surface area contributed by atoms with Crippen LogP contribution in [-0.2, 0) is 9.59 Å². The van der Waals surface area contributed by atoms with Gasteiger partial charge in [0.1, 0.15) is 11.4 Å². The topological polar surface area (TPSA) is 127 Å². The van der Waals surface area contributed by atoms with Crippen molar-refractivity contribution in [1.82, 2.24) is 4.90 Å². The van der Waals surface area contributed by atoms with Crippen LogP contribution in [0.2, 0.25) is 0 Å². The number of carboxylic acid groups (broad SMARTS) is 1. The molecule has 0 spiro atoms. The maximum atomic E-state index is 11.9. The maximum absolute atomic E-state index is 11.9. The zero-order valence-electron chi connectivity index (χ0n) is 10.8. The zero-order chi connectivity index (χ0) is 15.6. The van der Waals surface area contributed by atoms with Gasteiger partial charge in [0.05, 0.1) is 17.0 Å². The number of amides is 1. The first-order valence-corrected chi connectivity index (χ1v) is 7.11. The van der Waals surface area contributed by atoms with E-state index in [1.807, 2.05) is 0 Å². The summed E-state index contributed by atoms with van der Waals surface area (Å²) in [6.07, 6.45) is 0. The van der Waals surface area contributed by atoms with Crippen molar-refractivity contribution in [3.05, 3.63) is 39.9 Å². The number of hydrogen-bond donors (Lipinski definition) is 2. The van der Waals surface area contributed by atoms with Gasteiger partial charge in [-0.15, -0.1) is 11.8 Å². The summed E-state index contributed by atoms with van der Waals surface area (Å²) in [4.78, 5) is 34.9. The van der Waals surface area contributed by atoms with E-state index in [1.54, 1.807) is 6.07 Å². The molecule has 0 aromatic heterocycles. The molecule has 1 fully saturated rings. The molecular weight excluding hydrogens is 298 g/mol. The number of rotatable bonds is 4. The number of aliphatic carboxylic acids is 1. The second kappa shape index (κ2) is 6.10. The molecule has 1 aromatic rings. The minimum absolute atomic E-state index is 0.143. The normalized spacial score (nSPS) is 21.3. The molecule has 0 bridgehead atoms. The predicted octanol–water partition coefficient (Wildman–Crippen LogP) is 0.581. The third-order valence-corrected chi connectivity index (χ3v) is 4.45. The van der Waals surface area contributed by atoms with Crippen molar-refractivity contribution in [2.75, 3.05) is 12.3 Å². The molecule has 1 unspecified atom stereocenters. The fourth-order valence-corrected chi connectivity index (χ4v) is 3.68. The Balaban J connectivity index is 2.45. The van der Waals surface area contributed by atoms with E-state index in [0.29, 0.717) is 5.56 Å². The van der Waals surface area contributed by atoms with Gasteiger partial charge < -0.3 is 15.7 Å². The van der Waals surface area contributed by atoms with Crippen LogP contribution in [0.1, 0.15) is 10.9 Å². The molecule has 0 saturated carbocycles. The molecule has 1 aromatic carbocycles. The van der Waals surface area contributed by atoms with Crippen molar-refractivity contribution in [2.45, 2.75) is 11.4 Å². The van der Waals surface area contributed by atoms with Gasteiger partial charge in [-0.05, 0) is 6.07 Å². The fraction of sp³-hybridized carbons (Fsp3) is 0.333. The molecule has 0 radical (unpaired) electrons. The Hall–Kier alpha value is -2.13. The highest BCUT2D eigenvalue weighted by Gasteiger charge is 2.43. The molecule has 3 N–H and O–H groups in total. The molecule has 1 saturated heterocycles. The van der Waals surface area contributed by atoms with E-state index >= 15 is 0 Å². The van der Waals surface area contributed by atoms with Gasteiger partial charge in [0.2, 0.25) is 5.91 Å². The Morgan fingerprint density at radius 1 is 1.48 bits per heavy atom. The minimum atomic E-state index is -1.15. The number of nitrogens with zero attached hydrogens (tertiary/aromatic N) is 2. The van der Waals surface area contributed by atoms with E-state index in [9.17, 15) is 24.8 Å². The van der Waals surface area contributed by atoms with Crippen LogP contribution in [0, 0.1) is 10.1 Å². The molecular formula is C12H13N3O5S. The summed E-state index contributed by atoms with van der Waals surface area (Å²) in [5, 5.41) is 19.6. The third kappa shape index (κ3) is 2.83.